The van der Waals surface area contributed by atoms with Crippen LogP contribution in [0.2, 0.25) is 0 Å². The number of hydrogen-bond donors (Lipinski definition) is 0. The van der Waals surface area contributed by atoms with E-state index in [-0.39, 0.29) is 16.6 Å². The molecule has 2 aromatic rings. The Balaban J connectivity index is 2.18. The Labute approximate surface area is 176 Å². The Kier molecular flexibility index (Phi) is 6.48. The fourth-order valence-corrected chi connectivity index (χ4v) is 5.82. The Hall–Kier alpha value is -2.06. The van der Waals surface area contributed by atoms with Crippen LogP contribution in [0.15, 0.2) is 53.4 Å². The smallest absolute Gasteiger partial charge is 0.304 e. The summed E-state index contributed by atoms with van der Waals surface area (Å²) in [5.74, 6) is 0. The molecule has 0 amide bonds. The second-order valence-electron chi connectivity index (χ2n) is 8.04. The molecule has 0 N–H and O–H groups in total. The summed E-state index contributed by atoms with van der Waals surface area (Å²) in [4.78, 5) is 2.04. The summed E-state index contributed by atoms with van der Waals surface area (Å²) in [5, 5.41) is 0. The van der Waals surface area contributed by atoms with Gasteiger partial charge in [-0.1, -0.05) is 36.6 Å². The lowest BCUT2D eigenvalue weighted by molar-refractivity contribution is -0.137. The van der Waals surface area contributed by atoms with Crippen LogP contribution in [-0.2, 0) is 16.2 Å². The van der Waals surface area contributed by atoms with Gasteiger partial charge in [0.25, 0.3) is 10.0 Å². The maximum absolute atomic E-state index is 13.7. The molecule has 3 rings (SSSR count). The monoisotopic (exact) mass is 440 g/mol. The van der Waals surface area contributed by atoms with Gasteiger partial charge < -0.3 is 4.90 Å². The molecule has 30 heavy (non-hydrogen) atoms. The molecule has 8 heteroatoms. The van der Waals surface area contributed by atoms with Crippen LogP contribution in [-0.4, -0.2) is 39.5 Å². The molecule has 0 bridgehead atoms. The zero-order chi connectivity index (χ0) is 22.1. The van der Waals surface area contributed by atoms with Gasteiger partial charge in [-0.25, -0.2) is 8.42 Å². The van der Waals surface area contributed by atoms with Gasteiger partial charge in [0.1, 0.15) is 0 Å². The number of rotatable bonds is 5. The van der Waals surface area contributed by atoms with Gasteiger partial charge in [0.05, 0.1) is 22.2 Å². The fourth-order valence-electron chi connectivity index (χ4n) is 4.12. The zero-order valence-corrected chi connectivity index (χ0v) is 18.2. The van der Waals surface area contributed by atoms with Crippen molar-refractivity contribution in [2.45, 2.75) is 55.8 Å². The third-order valence-electron chi connectivity index (χ3n) is 5.66. The summed E-state index contributed by atoms with van der Waals surface area (Å²) in [7, 11) is -0.298. The Morgan fingerprint density at radius 3 is 2.10 bits per heavy atom. The number of nitrogens with zero attached hydrogens (tertiary/aromatic N) is 2. The predicted molar refractivity (Wildman–Crippen MR) is 112 cm³/mol. The van der Waals surface area contributed by atoms with Crippen LogP contribution in [0.5, 0.6) is 0 Å². The summed E-state index contributed by atoms with van der Waals surface area (Å²) in [6, 6.07) is 10.5. The van der Waals surface area contributed by atoms with Crippen LogP contribution in [0.25, 0.3) is 0 Å². The van der Waals surface area contributed by atoms with E-state index in [9.17, 15) is 21.6 Å². The van der Waals surface area contributed by atoms with E-state index in [0.717, 1.165) is 37.0 Å². The minimum absolute atomic E-state index is 0.0455. The molecule has 0 radical (unpaired) electrons. The molecule has 1 saturated carbocycles. The van der Waals surface area contributed by atoms with E-state index in [2.05, 4.69) is 0 Å². The molecule has 2 aromatic carbocycles. The number of likely N-dealkylation sites (N-methyl/N-ethyl adjacent to an activating group) is 1. The molecule has 2 atom stereocenters. The largest absolute Gasteiger partial charge is 0.416 e. The molecule has 4 nitrogen and oxygen atoms in total. The molecule has 1 aliphatic rings. The highest BCUT2D eigenvalue weighted by molar-refractivity contribution is 7.92. The fraction of sp³-hybridized carbons (Fsp3) is 0.455. The van der Waals surface area contributed by atoms with Gasteiger partial charge in [0.15, 0.2) is 0 Å². The van der Waals surface area contributed by atoms with E-state index in [0.29, 0.717) is 6.42 Å². The van der Waals surface area contributed by atoms with E-state index in [1.54, 1.807) is 12.1 Å². The number of halogens is 3. The first-order valence-electron chi connectivity index (χ1n) is 9.96. The van der Waals surface area contributed by atoms with Crippen LogP contribution in [0, 0.1) is 6.92 Å². The minimum atomic E-state index is -4.55. The van der Waals surface area contributed by atoms with Crippen LogP contribution in [0.1, 0.15) is 36.8 Å². The second-order valence-corrected chi connectivity index (χ2v) is 9.86. The Morgan fingerprint density at radius 2 is 1.53 bits per heavy atom. The van der Waals surface area contributed by atoms with Crippen molar-refractivity contribution >= 4 is 15.7 Å². The number of aryl methyl sites for hydroxylation is 1. The molecule has 0 saturated heterocycles. The normalized spacial score (nSPS) is 20.4. The SMILES string of the molecule is Cc1ccc(S(=O)(=O)N(c2cccc(C(F)(F)F)c2)C2CCCCC2N(C)C)cc1. The average molecular weight is 441 g/mol. The van der Waals surface area contributed by atoms with E-state index in [1.807, 2.05) is 25.9 Å². The van der Waals surface area contributed by atoms with E-state index in [1.165, 1.54) is 28.6 Å². The number of benzene rings is 2. The lowest BCUT2D eigenvalue weighted by Gasteiger charge is -2.43. The second kappa shape index (κ2) is 8.59. The van der Waals surface area contributed by atoms with Gasteiger partial charge in [-0.15, -0.1) is 0 Å². The highest BCUT2D eigenvalue weighted by atomic mass is 32.2. The number of alkyl halides is 3. The molecule has 0 spiro atoms. The van der Waals surface area contributed by atoms with E-state index < -0.39 is 27.8 Å². The minimum Gasteiger partial charge on any atom is -0.304 e. The third-order valence-corrected chi connectivity index (χ3v) is 7.53. The third kappa shape index (κ3) is 4.64. The van der Waals surface area contributed by atoms with E-state index in [4.69, 9.17) is 0 Å². The van der Waals surface area contributed by atoms with Crippen molar-refractivity contribution in [3.63, 3.8) is 0 Å². The Bertz CT molecular complexity index is 973. The maximum Gasteiger partial charge on any atom is 0.416 e. The molecular formula is C22H27F3N2O2S. The topological polar surface area (TPSA) is 40.6 Å². The van der Waals surface area contributed by atoms with Gasteiger partial charge in [-0.3, -0.25) is 4.31 Å². The number of hydrogen-bond acceptors (Lipinski definition) is 3. The summed E-state index contributed by atoms with van der Waals surface area (Å²) in [5.41, 5.74) is 0.0915. The molecule has 1 aliphatic carbocycles. The van der Waals surface area contributed by atoms with Crippen molar-refractivity contribution in [1.29, 1.82) is 0 Å². The first-order valence-corrected chi connectivity index (χ1v) is 11.4. The summed E-state index contributed by atoms with van der Waals surface area (Å²) in [6.45, 7) is 1.85. The Morgan fingerprint density at radius 1 is 0.933 bits per heavy atom. The van der Waals surface area contributed by atoms with Crippen LogP contribution in [0.4, 0.5) is 18.9 Å². The van der Waals surface area contributed by atoms with Crippen molar-refractivity contribution < 1.29 is 21.6 Å². The van der Waals surface area contributed by atoms with Crippen LogP contribution in [0.3, 0.4) is 0 Å². The van der Waals surface area contributed by atoms with Crippen LogP contribution < -0.4 is 4.31 Å². The molecule has 2 unspecified atom stereocenters. The molecule has 0 aromatic heterocycles. The van der Waals surface area contributed by atoms with Gasteiger partial charge in [0.2, 0.25) is 0 Å². The average Bonchev–Trinajstić information content (AvgIpc) is 2.68. The molecule has 164 valence electrons. The summed E-state index contributed by atoms with van der Waals surface area (Å²) in [6.07, 6.45) is -1.39. The standard InChI is InChI=1S/C22H27F3N2O2S/c1-16-11-13-19(14-12-16)30(28,29)27(21-10-5-4-9-20(21)26(2)3)18-8-6-7-17(15-18)22(23,24)25/h6-8,11-15,20-21H,4-5,9-10H2,1-3H3. The van der Waals surface area contributed by atoms with Gasteiger partial charge in [-0.2, -0.15) is 13.2 Å². The molecule has 0 aliphatic heterocycles. The van der Waals surface area contributed by atoms with Crippen molar-refractivity contribution in [2.24, 2.45) is 0 Å². The van der Waals surface area contributed by atoms with Crippen molar-refractivity contribution in [1.82, 2.24) is 4.90 Å². The molecule has 0 heterocycles. The molecular weight excluding hydrogens is 413 g/mol. The van der Waals surface area contributed by atoms with Gasteiger partial charge in [-0.05, 0) is 64.2 Å². The predicted octanol–water partition coefficient (Wildman–Crippen LogP) is 5.08. The van der Waals surface area contributed by atoms with Crippen LogP contribution >= 0.6 is 0 Å². The number of sulfonamides is 1. The van der Waals surface area contributed by atoms with Crippen molar-refractivity contribution in [3.05, 3.63) is 59.7 Å². The van der Waals surface area contributed by atoms with E-state index >= 15 is 0 Å². The lowest BCUT2D eigenvalue weighted by atomic mass is 9.89. The quantitative estimate of drug-likeness (QED) is 0.651. The first kappa shape index (κ1) is 22.6. The highest BCUT2D eigenvalue weighted by Gasteiger charge is 2.40. The summed E-state index contributed by atoms with van der Waals surface area (Å²) < 4.78 is 68.7. The van der Waals surface area contributed by atoms with Gasteiger partial charge in [0, 0.05) is 6.04 Å². The van der Waals surface area contributed by atoms with Gasteiger partial charge >= 0.3 is 6.18 Å². The number of anilines is 1. The maximum atomic E-state index is 13.7. The van der Waals surface area contributed by atoms with Crippen molar-refractivity contribution in [3.8, 4) is 0 Å². The lowest BCUT2D eigenvalue weighted by Crippen LogP contribution is -2.53. The molecule has 1 fully saturated rings. The first-order chi connectivity index (χ1) is 14.0. The summed E-state index contributed by atoms with van der Waals surface area (Å²) >= 11 is 0. The highest BCUT2D eigenvalue weighted by Crippen LogP contribution is 2.37. The zero-order valence-electron chi connectivity index (χ0n) is 17.4. The van der Waals surface area contributed by atoms with Crippen molar-refractivity contribution in [2.75, 3.05) is 18.4 Å².